The zero-order chi connectivity index (χ0) is 31.9. The minimum Gasteiger partial charge on any atom is -0.480 e. The zero-order valence-corrected chi connectivity index (χ0v) is 26.2. The number of nitrogens with one attached hydrogen (secondary N) is 3. The highest BCUT2D eigenvalue weighted by molar-refractivity contribution is 6.39. The third kappa shape index (κ3) is 6.06. The molecule has 230 valence electrons. The maximum atomic E-state index is 13.4. The first-order chi connectivity index (χ1) is 21.5. The number of nitrogens with zero attached hydrogens (tertiary/aromatic N) is 5. The van der Waals surface area contributed by atoms with Crippen molar-refractivity contribution >= 4 is 63.3 Å². The predicted octanol–water partition coefficient (Wildman–Crippen LogP) is 6.79. The number of halogens is 2. The van der Waals surface area contributed by atoms with Gasteiger partial charge in [0.25, 0.3) is 5.91 Å². The number of amides is 1. The van der Waals surface area contributed by atoms with Gasteiger partial charge >= 0.3 is 5.97 Å². The first-order valence-corrected chi connectivity index (χ1v) is 15.1. The summed E-state index contributed by atoms with van der Waals surface area (Å²) in [6.45, 7) is 5.67. The van der Waals surface area contributed by atoms with Gasteiger partial charge in [0.1, 0.15) is 16.9 Å². The Hall–Kier alpha value is -4.58. The van der Waals surface area contributed by atoms with Gasteiger partial charge in [0.2, 0.25) is 0 Å². The van der Waals surface area contributed by atoms with Crippen molar-refractivity contribution in [3.05, 3.63) is 88.1 Å². The van der Waals surface area contributed by atoms with E-state index >= 15 is 0 Å². The fourth-order valence-corrected chi connectivity index (χ4v) is 5.95. The van der Waals surface area contributed by atoms with E-state index < -0.39 is 17.4 Å². The smallest absolute Gasteiger partial charge is 0.323 e. The maximum absolute atomic E-state index is 13.4. The molecule has 6 rings (SSSR count). The molecule has 1 aliphatic rings. The van der Waals surface area contributed by atoms with Crippen LogP contribution in [0, 0.1) is 6.92 Å². The number of carboxylic acid groups (broad SMARTS) is 1. The second kappa shape index (κ2) is 12.1. The lowest BCUT2D eigenvalue weighted by Gasteiger charge is -2.31. The Kier molecular flexibility index (Phi) is 8.17. The fourth-order valence-electron chi connectivity index (χ4n) is 5.40. The van der Waals surface area contributed by atoms with Crippen molar-refractivity contribution in [2.75, 3.05) is 10.6 Å². The third-order valence-electron chi connectivity index (χ3n) is 7.69. The van der Waals surface area contributed by atoms with E-state index in [4.69, 9.17) is 23.2 Å². The number of aromatic nitrogens is 5. The van der Waals surface area contributed by atoms with Gasteiger partial charge in [0.15, 0.2) is 11.5 Å². The number of pyridine rings is 1. The Morgan fingerprint density at radius 2 is 1.71 bits per heavy atom. The van der Waals surface area contributed by atoms with Gasteiger partial charge in [-0.05, 0) is 63.9 Å². The van der Waals surface area contributed by atoms with E-state index in [9.17, 15) is 14.7 Å². The number of aryl methyl sites for hydroxylation is 2. The Balaban J connectivity index is 1.26. The van der Waals surface area contributed by atoms with Crippen LogP contribution in [0.15, 0.2) is 60.8 Å². The summed E-state index contributed by atoms with van der Waals surface area (Å²) in [5.74, 6) is -0.280. The van der Waals surface area contributed by atoms with E-state index in [1.54, 1.807) is 42.9 Å². The quantitative estimate of drug-likeness (QED) is 0.143. The van der Waals surface area contributed by atoms with Crippen LogP contribution in [0.1, 0.15) is 54.7 Å². The Bertz CT molecular complexity index is 1960. The molecule has 2 aromatic carbocycles. The van der Waals surface area contributed by atoms with Gasteiger partial charge in [-0.1, -0.05) is 47.5 Å². The molecule has 45 heavy (non-hydrogen) atoms. The van der Waals surface area contributed by atoms with E-state index in [1.807, 2.05) is 43.3 Å². The third-order valence-corrected chi connectivity index (χ3v) is 8.50. The highest BCUT2D eigenvalue weighted by Gasteiger charge is 2.33. The molecule has 5 aromatic rings. The Morgan fingerprint density at radius 3 is 2.44 bits per heavy atom. The van der Waals surface area contributed by atoms with Crippen LogP contribution in [0.2, 0.25) is 10.0 Å². The van der Waals surface area contributed by atoms with Gasteiger partial charge in [-0.15, -0.1) is 0 Å². The molecule has 4 N–H and O–H groups in total. The van der Waals surface area contributed by atoms with Gasteiger partial charge in [-0.25, -0.2) is 9.97 Å². The number of anilines is 3. The van der Waals surface area contributed by atoms with E-state index in [0.717, 1.165) is 18.5 Å². The van der Waals surface area contributed by atoms with E-state index in [0.29, 0.717) is 61.8 Å². The molecule has 0 spiro atoms. The average molecular weight is 646 g/mol. The largest absolute Gasteiger partial charge is 0.480 e. The van der Waals surface area contributed by atoms with Gasteiger partial charge < -0.3 is 15.7 Å². The average Bonchev–Trinajstić information content (AvgIpc) is 3.45. The minimum atomic E-state index is -1.14. The predicted molar refractivity (Wildman–Crippen MR) is 174 cm³/mol. The van der Waals surface area contributed by atoms with Crippen molar-refractivity contribution in [3.63, 3.8) is 0 Å². The molecule has 0 aliphatic carbocycles. The van der Waals surface area contributed by atoms with Crippen LogP contribution in [0.3, 0.4) is 0 Å². The molecule has 4 heterocycles. The van der Waals surface area contributed by atoms with E-state index in [-0.39, 0.29) is 11.7 Å². The molecule has 0 fully saturated rings. The summed E-state index contributed by atoms with van der Waals surface area (Å²) in [6, 6.07) is 16.0. The van der Waals surface area contributed by atoms with Crippen LogP contribution in [0.4, 0.5) is 17.2 Å². The monoisotopic (exact) mass is 644 g/mol. The molecule has 3 aromatic heterocycles. The normalized spacial score (nSPS) is 14.6. The summed E-state index contributed by atoms with van der Waals surface area (Å²) in [6.07, 6.45) is 3.21. The lowest BCUT2D eigenvalue weighted by Crippen LogP contribution is -2.49. The van der Waals surface area contributed by atoms with Crippen molar-refractivity contribution in [2.24, 2.45) is 0 Å². The molecular weight excluding hydrogens is 615 g/mol. The summed E-state index contributed by atoms with van der Waals surface area (Å²) < 4.78 is 1.75. The number of carbonyl (C=O) groups excluding carboxylic acids is 1. The van der Waals surface area contributed by atoms with Crippen molar-refractivity contribution < 1.29 is 14.7 Å². The second-order valence-corrected chi connectivity index (χ2v) is 12.1. The highest BCUT2D eigenvalue weighted by Crippen LogP contribution is 2.41. The van der Waals surface area contributed by atoms with Crippen LogP contribution in [-0.2, 0) is 11.3 Å². The lowest BCUT2D eigenvalue weighted by molar-refractivity contribution is -0.143. The standard InChI is InChI=1S/C32H30Cl2N8O3/c1-17-36-23-12-6-14-35-28(23)29(37-17)38-21-10-4-8-18(26(21)33)19-9-5-11-22(27(19)34)39-30(43)24-16-25-20(13-7-15-42(25)41-24)40-32(2,3)31(44)45/h4-6,8-12,14,16,20,40H,7,13,15H2,1-3H3,(H,39,43)(H,44,45)(H,36,37,38)/t20-/m0/s1. The zero-order valence-electron chi connectivity index (χ0n) is 24.7. The topological polar surface area (TPSA) is 147 Å². The number of rotatable bonds is 8. The summed E-state index contributed by atoms with van der Waals surface area (Å²) in [4.78, 5) is 38.5. The molecular formula is C32H30Cl2N8O3. The maximum Gasteiger partial charge on any atom is 0.323 e. The van der Waals surface area contributed by atoms with Gasteiger partial charge in [-0.2, -0.15) is 5.10 Å². The molecule has 1 atom stereocenters. The van der Waals surface area contributed by atoms with Crippen LogP contribution >= 0.6 is 23.2 Å². The van der Waals surface area contributed by atoms with Gasteiger partial charge in [-0.3, -0.25) is 24.6 Å². The van der Waals surface area contributed by atoms with E-state index in [1.165, 1.54) is 0 Å². The second-order valence-electron chi connectivity index (χ2n) is 11.4. The fraction of sp³-hybridized carbons (Fsp3) is 0.250. The number of carboxylic acids is 1. The van der Waals surface area contributed by atoms with Crippen molar-refractivity contribution in [1.29, 1.82) is 0 Å². The molecule has 11 nitrogen and oxygen atoms in total. The summed E-state index contributed by atoms with van der Waals surface area (Å²) in [5, 5.41) is 24.2. The molecule has 1 aliphatic heterocycles. The molecule has 1 amide bonds. The number of hydrogen-bond acceptors (Lipinski definition) is 8. The van der Waals surface area contributed by atoms with E-state index in [2.05, 4.69) is 36.0 Å². The SMILES string of the molecule is Cc1nc(Nc2cccc(-c3cccc(NC(=O)c4cc5n(n4)CCC[C@@H]5NC(C)(C)C(=O)O)c3Cl)c2Cl)c2ncccc2n1. The minimum absolute atomic E-state index is 0.207. The summed E-state index contributed by atoms with van der Waals surface area (Å²) >= 11 is 13.8. The highest BCUT2D eigenvalue weighted by atomic mass is 35.5. The van der Waals surface area contributed by atoms with Crippen LogP contribution in [0.5, 0.6) is 0 Å². The van der Waals surface area contributed by atoms with Crippen molar-refractivity contribution in [3.8, 4) is 11.1 Å². The van der Waals surface area contributed by atoms with Crippen LogP contribution in [0.25, 0.3) is 22.2 Å². The Morgan fingerprint density at radius 1 is 1.00 bits per heavy atom. The lowest BCUT2D eigenvalue weighted by atomic mass is 9.98. The summed E-state index contributed by atoms with van der Waals surface area (Å²) in [5.41, 5.74) is 3.41. The van der Waals surface area contributed by atoms with Gasteiger partial charge in [0.05, 0.1) is 38.7 Å². The van der Waals surface area contributed by atoms with Crippen molar-refractivity contribution in [2.45, 2.75) is 51.7 Å². The van der Waals surface area contributed by atoms with Gasteiger partial charge in [0, 0.05) is 23.9 Å². The number of benzene rings is 2. The molecule has 0 bridgehead atoms. The molecule has 0 radical (unpaired) electrons. The van der Waals surface area contributed by atoms with Crippen LogP contribution < -0.4 is 16.0 Å². The molecule has 13 heteroatoms. The first-order valence-electron chi connectivity index (χ1n) is 14.4. The molecule has 0 unspecified atom stereocenters. The molecule has 0 saturated heterocycles. The molecule has 0 saturated carbocycles. The van der Waals surface area contributed by atoms with Crippen LogP contribution in [-0.4, -0.2) is 47.3 Å². The number of fused-ring (bicyclic) bond motifs is 2. The summed E-state index contributed by atoms with van der Waals surface area (Å²) in [7, 11) is 0. The number of hydrogen-bond donors (Lipinski definition) is 4. The first kappa shape index (κ1) is 30.4. The number of aliphatic carboxylic acids is 1. The Labute approximate surface area is 269 Å². The van der Waals surface area contributed by atoms with Crippen molar-refractivity contribution in [1.82, 2.24) is 30.0 Å². The number of carbonyl (C=O) groups is 2.